The standard InChI is InChI=1S/C22H29N3O3S/c1-17(2)29(27,28)20-10-6-5-9-19(20)22(26)24-16-18-11-12-21(23-15-18)25-13-7-3-4-8-14-25/h5-6,9-12,15,17H,3-4,7-8,13-14,16H2,1-2H3,(H,24,26). The fourth-order valence-electron chi connectivity index (χ4n) is 3.44. The van der Waals surface area contributed by atoms with E-state index in [0.29, 0.717) is 6.54 Å². The van der Waals surface area contributed by atoms with E-state index in [1.54, 1.807) is 38.2 Å². The number of pyridine rings is 1. The molecule has 0 radical (unpaired) electrons. The van der Waals surface area contributed by atoms with Crippen molar-refractivity contribution in [2.75, 3.05) is 18.0 Å². The van der Waals surface area contributed by atoms with Crippen LogP contribution in [0.5, 0.6) is 0 Å². The second-order valence-electron chi connectivity index (χ2n) is 7.70. The van der Waals surface area contributed by atoms with Gasteiger partial charge in [-0.2, -0.15) is 0 Å². The van der Waals surface area contributed by atoms with E-state index in [0.717, 1.165) is 24.5 Å². The molecule has 0 saturated carbocycles. The molecular weight excluding hydrogens is 386 g/mol. The minimum absolute atomic E-state index is 0.0714. The number of benzene rings is 1. The van der Waals surface area contributed by atoms with Crippen molar-refractivity contribution in [1.29, 1.82) is 0 Å². The van der Waals surface area contributed by atoms with Gasteiger partial charge in [0.1, 0.15) is 5.82 Å². The molecule has 156 valence electrons. The number of anilines is 1. The molecule has 2 heterocycles. The van der Waals surface area contributed by atoms with Crippen LogP contribution in [0.3, 0.4) is 0 Å². The molecule has 1 N–H and O–H groups in total. The quantitative estimate of drug-likeness (QED) is 0.780. The van der Waals surface area contributed by atoms with Crippen molar-refractivity contribution in [1.82, 2.24) is 10.3 Å². The van der Waals surface area contributed by atoms with Gasteiger partial charge in [-0.1, -0.05) is 31.0 Å². The number of hydrogen-bond acceptors (Lipinski definition) is 5. The van der Waals surface area contributed by atoms with Crippen LogP contribution >= 0.6 is 0 Å². The fourth-order valence-corrected chi connectivity index (χ4v) is 4.69. The van der Waals surface area contributed by atoms with Gasteiger partial charge < -0.3 is 10.2 Å². The number of hydrogen-bond donors (Lipinski definition) is 1. The Hall–Kier alpha value is -2.41. The second kappa shape index (κ2) is 9.39. The largest absolute Gasteiger partial charge is 0.357 e. The van der Waals surface area contributed by atoms with Gasteiger partial charge in [-0.25, -0.2) is 13.4 Å². The Balaban J connectivity index is 1.67. The number of sulfone groups is 1. The third kappa shape index (κ3) is 5.15. The minimum atomic E-state index is -3.54. The first kappa shape index (κ1) is 21.3. The number of carbonyl (C=O) groups is 1. The Labute approximate surface area is 173 Å². The first-order valence-corrected chi connectivity index (χ1v) is 11.7. The van der Waals surface area contributed by atoms with E-state index in [1.165, 1.54) is 31.7 Å². The molecule has 0 atom stereocenters. The number of carbonyl (C=O) groups excluding carboxylic acids is 1. The molecule has 1 fully saturated rings. The lowest BCUT2D eigenvalue weighted by Gasteiger charge is -2.21. The third-order valence-corrected chi connectivity index (χ3v) is 7.46. The molecule has 6 nitrogen and oxygen atoms in total. The molecule has 2 aromatic rings. The average molecular weight is 416 g/mol. The number of amides is 1. The van der Waals surface area contributed by atoms with Crippen LogP contribution in [0.25, 0.3) is 0 Å². The molecule has 7 heteroatoms. The zero-order valence-electron chi connectivity index (χ0n) is 17.1. The summed E-state index contributed by atoms with van der Waals surface area (Å²) in [5, 5.41) is 2.23. The maximum atomic E-state index is 12.7. The van der Waals surface area contributed by atoms with E-state index in [4.69, 9.17) is 0 Å². The Morgan fingerprint density at radius 1 is 1.07 bits per heavy atom. The molecule has 0 aliphatic carbocycles. The van der Waals surface area contributed by atoms with E-state index in [9.17, 15) is 13.2 Å². The predicted octanol–water partition coefficient (Wildman–Crippen LogP) is 3.57. The lowest BCUT2D eigenvalue weighted by molar-refractivity contribution is 0.0947. The van der Waals surface area contributed by atoms with Crippen molar-refractivity contribution in [3.05, 3.63) is 53.7 Å². The highest BCUT2D eigenvalue weighted by molar-refractivity contribution is 7.92. The Bertz CT molecular complexity index is 932. The van der Waals surface area contributed by atoms with Crippen LogP contribution in [-0.4, -0.2) is 37.6 Å². The highest BCUT2D eigenvalue weighted by Gasteiger charge is 2.25. The van der Waals surface area contributed by atoms with E-state index < -0.39 is 21.0 Å². The molecule has 0 spiro atoms. The van der Waals surface area contributed by atoms with Crippen LogP contribution in [0.2, 0.25) is 0 Å². The van der Waals surface area contributed by atoms with Gasteiger partial charge in [0.25, 0.3) is 5.91 Å². The summed E-state index contributed by atoms with van der Waals surface area (Å²) in [4.78, 5) is 19.6. The van der Waals surface area contributed by atoms with Gasteiger partial charge in [0.15, 0.2) is 9.84 Å². The molecule has 1 aliphatic heterocycles. The molecule has 29 heavy (non-hydrogen) atoms. The summed E-state index contributed by atoms with van der Waals surface area (Å²) in [6.45, 7) is 5.58. The second-order valence-corrected chi connectivity index (χ2v) is 10.2. The molecular formula is C22H29N3O3S. The summed E-state index contributed by atoms with van der Waals surface area (Å²) in [5.74, 6) is 0.566. The fraction of sp³-hybridized carbons (Fsp3) is 0.455. The molecule has 1 aromatic carbocycles. The van der Waals surface area contributed by atoms with E-state index in [2.05, 4.69) is 15.2 Å². The molecule has 0 unspecified atom stereocenters. The van der Waals surface area contributed by atoms with E-state index >= 15 is 0 Å². The first-order chi connectivity index (χ1) is 13.9. The highest BCUT2D eigenvalue weighted by Crippen LogP contribution is 2.21. The monoisotopic (exact) mass is 415 g/mol. The van der Waals surface area contributed by atoms with Gasteiger partial charge in [-0.15, -0.1) is 0 Å². The number of rotatable bonds is 6. The third-order valence-electron chi connectivity index (χ3n) is 5.25. The topological polar surface area (TPSA) is 79.4 Å². The lowest BCUT2D eigenvalue weighted by Crippen LogP contribution is -2.27. The van der Waals surface area contributed by atoms with Crippen LogP contribution < -0.4 is 10.2 Å². The molecule has 0 bridgehead atoms. The Kier molecular flexibility index (Phi) is 6.90. The van der Waals surface area contributed by atoms with Gasteiger partial charge in [0, 0.05) is 25.8 Å². The minimum Gasteiger partial charge on any atom is -0.357 e. The predicted molar refractivity (Wildman–Crippen MR) is 115 cm³/mol. The normalized spacial score (nSPS) is 15.2. The summed E-state index contributed by atoms with van der Waals surface area (Å²) in [6.07, 6.45) is 6.71. The summed E-state index contributed by atoms with van der Waals surface area (Å²) in [5.41, 5.74) is 1.05. The molecule has 1 saturated heterocycles. The van der Waals surface area contributed by atoms with Gasteiger partial charge in [0.05, 0.1) is 15.7 Å². The van der Waals surface area contributed by atoms with Crippen LogP contribution in [0.4, 0.5) is 5.82 Å². The van der Waals surface area contributed by atoms with Crippen molar-refractivity contribution in [2.45, 2.75) is 56.2 Å². The summed E-state index contributed by atoms with van der Waals surface area (Å²) >= 11 is 0. The van der Waals surface area contributed by atoms with Crippen LogP contribution in [0, 0.1) is 0 Å². The van der Waals surface area contributed by atoms with Crippen molar-refractivity contribution < 1.29 is 13.2 Å². The van der Waals surface area contributed by atoms with E-state index in [1.807, 2.05) is 12.1 Å². The molecule has 1 aromatic heterocycles. The van der Waals surface area contributed by atoms with Gasteiger partial charge in [-0.3, -0.25) is 4.79 Å². The molecule has 1 amide bonds. The SMILES string of the molecule is CC(C)S(=O)(=O)c1ccccc1C(=O)NCc1ccc(N2CCCCCC2)nc1. The average Bonchev–Trinajstić information content (AvgIpc) is 3.02. The van der Waals surface area contributed by atoms with Gasteiger partial charge >= 0.3 is 0 Å². The Morgan fingerprint density at radius 3 is 2.38 bits per heavy atom. The van der Waals surface area contributed by atoms with Crippen LogP contribution in [0.1, 0.15) is 55.5 Å². The zero-order chi connectivity index (χ0) is 20.9. The van der Waals surface area contributed by atoms with Crippen LogP contribution in [-0.2, 0) is 16.4 Å². The number of nitrogens with one attached hydrogen (secondary N) is 1. The lowest BCUT2D eigenvalue weighted by atomic mass is 10.2. The summed E-state index contributed by atoms with van der Waals surface area (Å²) < 4.78 is 25.1. The summed E-state index contributed by atoms with van der Waals surface area (Å²) in [6, 6.07) is 10.3. The zero-order valence-corrected chi connectivity index (χ0v) is 17.9. The van der Waals surface area contributed by atoms with Gasteiger partial charge in [0.2, 0.25) is 0 Å². The van der Waals surface area contributed by atoms with Gasteiger partial charge in [-0.05, 0) is 50.5 Å². The number of aromatic nitrogens is 1. The molecule has 3 rings (SSSR count). The smallest absolute Gasteiger partial charge is 0.252 e. The van der Waals surface area contributed by atoms with Crippen molar-refractivity contribution in [3.8, 4) is 0 Å². The number of nitrogens with zero attached hydrogens (tertiary/aromatic N) is 2. The highest BCUT2D eigenvalue weighted by atomic mass is 32.2. The van der Waals surface area contributed by atoms with Crippen molar-refractivity contribution in [3.63, 3.8) is 0 Å². The summed E-state index contributed by atoms with van der Waals surface area (Å²) in [7, 11) is -3.54. The van der Waals surface area contributed by atoms with Crippen molar-refractivity contribution >= 4 is 21.6 Å². The maximum Gasteiger partial charge on any atom is 0.252 e. The maximum absolute atomic E-state index is 12.7. The van der Waals surface area contributed by atoms with E-state index in [-0.39, 0.29) is 10.5 Å². The Morgan fingerprint density at radius 2 is 1.76 bits per heavy atom. The van der Waals surface area contributed by atoms with Crippen LogP contribution in [0.15, 0.2) is 47.5 Å². The first-order valence-electron chi connectivity index (χ1n) is 10.2. The molecule has 1 aliphatic rings. The van der Waals surface area contributed by atoms with Crippen molar-refractivity contribution in [2.24, 2.45) is 0 Å².